The number of nitrogens with zero attached hydrogens (tertiary/aromatic N) is 3. The molecule has 1 aromatic carbocycles. The van der Waals surface area contributed by atoms with Crippen LogP contribution in [0.1, 0.15) is 24.0 Å². The van der Waals surface area contributed by atoms with Crippen LogP contribution in [0.4, 0.5) is 5.69 Å². The molecule has 0 aliphatic carbocycles. The van der Waals surface area contributed by atoms with Gasteiger partial charge >= 0.3 is 0 Å². The summed E-state index contributed by atoms with van der Waals surface area (Å²) in [5, 5.41) is 9.41. The summed E-state index contributed by atoms with van der Waals surface area (Å²) in [5.41, 5.74) is 2.07. The molecule has 4 nitrogen and oxygen atoms in total. The van der Waals surface area contributed by atoms with Gasteiger partial charge in [-0.2, -0.15) is 10.3 Å². The summed E-state index contributed by atoms with van der Waals surface area (Å²) in [7, 11) is 0. The molecular weight excluding hydrogens is 262 g/mol. The Hall–Kier alpha value is -1.73. The molecule has 0 amide bonds. The Morgan fingerprint density at radius 2 is 2.37 bits per heavy atom. The second-order valence-corrected chi connectivity index (χ2v) is 5.26. The zero-order chi connectivity index (χ0) is 13.4. The maximum absolute atomic E-state index is 8.94. The molecule has 0 N–H and O–H groups in total. The first kappa shape index (κ1) is 12.3. The van der Waals surface area contributed by atoms with E-state index >= 15 is 0 Å². The lowest BCUT2D eigenvalue weighted by atomic mass is 10.1. The Kier molecular flexibility index (Phi) is 3.08. The van der Waals surface area contributed by atoms with Crippen molar-refractivity contribution in [3.63, 3.8) is 0 Å². The van der Waals surface area contributed by atoms with E-state index in [-0.39, 0.29) is 0 Å². The third-order valence-corrected chi connectivity index (χ3v) is 4.21. The lowest BCUT2D eigenvalue weighted by Crippen LogP contribution is -2.27. The quantitative estimate of drug-likeness (QED) is 0.792. The molecule has 2 heterocycles. The number of benzene rings is 1. The first-order valence-electron chi connectivity index (χ1n) is 6.38. The molecule has 3 rings (SSSR count). The Morgan fingerprint density at radius 1 is 1.53 bits per heavy atom. The van der Waals surface area contributed by atoms with Crippen LogP contribution in [0.2, 0.25) is 5.02 Å². The molecule has 0 spiro atoms. The number of hydrogen-bond donors (Lipinski definition) is 0. The molecule has 5 heteroatoms. The number of rotatable bonds is 1. The highest BCUT2D eigenvalue weighted by Crippen LogP contribution is 2.31. The number of halogens is 1. The van der Waals surface area contributed by atoms with Crippen molar-refractivity contribution in [2.45, 2.75) is 25.8 Å². The summed E-state index contributed by atoms with van der Waals surface area (Å²) in [6, 6.07) is 6.76. The van der Waals surface area contributed by atoms with E-state index in [9.17, 15) is 0 Å². The van der Waals surface area contributed by atoms with Crippen LogP contribution in [0.5, 0.6) is 0 Å². The number of hydrogen-bond acceptors (Lipinski definition) is 3. The van der Waals surface area contributed by atoms with Crippen LogP contribution in [-0.2, 0) is 4.74 Å². The van der Waals surface area contributed by atoms with Crippen LogP contribution in [-0.4, -0.2) is 30.1 Å². The summed E-state index contributed by atoms with van der Waals surface area (Å²) in [6.45, 7) is 3.60. The SMILES string of the molecule is Cc1c(N=C2OCC3CCCN23)ccc(C#N)c1Cl. The summed E-state index contributed by atoms with van der Waals surface area (Å²) >= 11 is 6.15. The predicted octanol–water partition coefficient (Wildman–Crippen LogP) is 3.00. The van der Waals surface area contributed by atoms with E-state index in [4.69, 9.17) is 21.6 Å². The number of ether oxygens (including phenoxy) is 1. The van der Waals surface area contributed by atoms with E-state index < -0.39 is 0 Å². The van der Waals surface area contributed by atoms with E-state index in [1.54, 1.807) is 6.07 Å². The van der Waals surface area contributed by atoms with Gasteiger partial charge in [-0.15, -0.1) is 0 Å². The molecule has 0 saturated carbocycles. The van der Waals surface area contributed by atoms with Crippen LogP contribution < -0.4 is 0 Å². The van der Waals surface area contributed by atoms with Crippen LogP contribution in [0.25, 0.3) is 0 Å². The minimum atomic E-state index is 0.473. The van der Waals surface area contributed by atoms with Crippen molar-refractivity contribution >= 4 is 23.3 Å². The van der Waals surface area contributed by atoms with Crippen LogP contribution >= 0.6 is 11.6 Å². The van der Waals surface area contributed by atoms with Crippen molar-refractivity contribution in [2.24, 2.45) is 4.99 Å². The van der Waals surface area contributed by atoms with E-state index in [1.807, 2.05) is 13.0 Å². The van der Waals surface area contributed by atoms with Crippen LogP contribution in [0.15, 0.2) is 17.1 Å². The summed E-state index contributed by atoms with van der Waals surface area (Å²) < 4.78 is 5.64. The largest absolute Gasteiger partial charge is 0.463 e. The molecule has 0 radical (unpaired) electrons. The number of fused-ring (bicyclic) bond motifs is 1. The minimum absolute atomic E-state index is 0.473. The van der Waals surface area contributed by atoms with Crippen molar-refractivity contribution in [1.29, 1.82) is 5.26 Å². The highest BCUT2D eigenvalue weighted by molar-refractivity contribution is 6.32. The Bertz CT molecular complexity index is 591. The molecule has 0 aromatic heterocycles. The molecule has 2 aliphatic heterocycles. The molecule has 19 heavy (non-hydrogen) atoms. The first-order valence-corrected chi connectivity index (χ1v) is 6.76. The minimum Gasteiger partial charge on any atom is -0.463 e. The molecule has 1 atom stereocenters. The van der Waals surface area contributed by atoms with Gasteiger partial charge in [0.05, 0.1) is 22.3 Å². The Balaban J connectivity index is 1.96. The standard InChI is InChI=1S/C14H14ClN3O/c1-9-12(5-4-10(7-16)13(9)15)17-14-18-6-2-3-11(18)8-19-14/h4-5,11H,2-3,6,8H2,1H3. The van der Waals surface area contributed by atoms with Gasteiger partial charge in [0.15, 0.2) is 0 Å². The van der Waals surface area contributed by atoms with Gasteiger partial charge in [0, 0.05) is 6.54 Å². The van der Waals surface area contributed by atoms with E-state index in [0.717, 1.165) is 24.4 Å². The maximum atomic E-state index is 8.94. The van der Waals surface area contributed by atoms with Gasteiger partial charge in [0.25, 0.3) is 6.02 Å². The van der Waals surface area contributed by atoms with Gasteiger partial charge in [-0.05, 0) is 37.5 Å². The van der Waals surface area contributed by atoms with E-state index in [0.29, 0.717) is 22.6 Å². The third-order valence-electron chi connectivity index (χ3n) is 3.72. The zero-order valence-electron chi connectivity index (χ0n) is 10.7. The second-order valence-electron chi connectivity index (χ2n) is 4.88. The lowest BCUT2D eigenvalue weighted by molar-refractivity contribution is 0.321. The molecule has 1 aromatic rings. The summed E-state index contributed by atoms with van der Waals surface area (Å²) in [5.74, 6) is 0. The fourth-order valence-electron chi connectivity index (χ4n) is 2.60. The number of nitriles is 1. The Labute approximate surface area is 117 Å². The third kappa shape index (κ3) is 2.04. The van der Waals surface area contributed by atoms with Crippen molar-refractivity contribution in [3.05, 3.63) is 28.3 Å². The molecular formula is C14H14ClN3O. The molecule has 2 saturated heterocycles. The normalized spacial score (nSPS) is 23.3. The van der Waals surface area contributed by atoms with Crippen LogP contribution in [0, 0.1) is 18.3 Å². The topological polar surface area (TPSA) is 48.6 Å². The highest BCUT2D eigenvalue weighted by Gasteiger charge is 2.35. The monoisotopic (exact) mass is 275 g/mol. The summed E-state index contributed by atoms with van der Waals surface area (Å²) in [6.07, 6.45) is 2.37. The average Bonchev–Trinajstić information content (AvgIpc) is 3.00. The predicted molar refractivity (Wildman–Crippen MR) is 73.7 cm³/mol. The average molecular weight is 276 g/mol. The van der Waals surface area contributed by atoms with E-state index in [1.165, 1.54) is 12.8 Å². The van der Waals surface area contributed by atoms with Gasteiger partial charge in [0.1, 0.15) is 12.7 Å². The highest BCUT2D eigenvalue weighted by atomic mass is 35.5. The molecule has 2 aliphatic rings. The van der Waals surface area contributed by atoms with Crippen molar-refractivity contribution in [2.75, 3.05) is 13.2 Å². The fraction of sp³-hybridized carbons (Fsp3) is 0.429. The first-order chi connectivity index (χ1) is 9.20. The second kappa shape index (κ2) is 4.75. The molecule has 0 bridgehead atoms. The van der Waals surface area contributed by atoms with Crippen LogP contribution in [0.3, 0.4) is 0 Å². The van der Waals surface area contributed by atoms with Gasteiger partial charge in [-0.25, -0.2) is 0 Å². The van der Waals surface area contributed by atoms with Crippen molar-refractivity contribution in [3.8, 4) is 6.07 Å². The maximum Gasteiger partial charge on any atom is 0.293 e. The van der Waals surface area contributed by atoms with Crippen molar-refractivity contribution < 1.29 is 4.74 Å². The van der Waals surface area contributed by atoms with Gasteiger partial charge in [-0.1, -0.05) is 11.6 Å². The van der Waals surface area contributed by atoms with Crippen molar-refractivity contribution in [1.82, 2.24) is 4.90 Å². The number of amidine groups is 1. The summed E-state index contributed by atoms with van der Waals surface area (Å²) in [4.78, 5) is 6.78. The number of aliphatic imine (C=N–C) groups is 1. The van der Waals surface area contributed by atoms with Gasteiger partial charge in [-0.3, -0.25) is 0 Å². The fourth-order valence-corrected chi connectivity index (χ4v) is 2.80. The smallest absolute Gasteiger partial charge is 0.293 e. The van der Waals surface area contributed by atoms with E-state index in [2.05, 4.69) is 16.0 Å². The Morgan fingerprint density at radius 3 is 3.16 bits per heavy atom. The molecule has 98 valence electrons. The van der Waals surface area contributed by atoms with Gasteiger partial charge in [0.2, 0.25) is 0 Å². The van der Waals surface area contributed by atoms with Gasteiger partial charge < -0.3 is 9.64 Å². The zero-order valence-corrected chi connectivity index (χ0v) is 11.4. The molecule has 2 fully saturated rings. The lowest BCUT2D eigenvalue weighted by Gasteiger charge is -2.14. The molecule has 1 unspecified atom stereocenters.